The number of imide groups is 1. The Balaban J connectivity index is 1.45. The Labute approximate surface area is 184 Å². The molecule has 2 amide bonds. The van der Waals surface area contributed by atoms with E-state index in [4.69, 9.17) is 4.74 Å². The van der Waals surface area contributed by atoms with Gasteiger partial charge in [-0.1, -0.05) is 42.5 Å². The standard InChI is InChI=1S/C26H21NO5/c1-15(17-10-9-16-5-2-3-6-18(16)13-17)32-23-8-4-7-20-24(23)26(31)27(25(20)30)21-12-11-19(28)14-22(21)29/h2-10,13,15,21H,11-12,14H2,1H3. The number of carbonyl (C=O) groups excluding carboxylic acids is 4. The van der Waals surface area contributed by atoms with Crippen LogP contribution in [0.3, 0.4) is 0 Å². The molecule has 160 valence electrons. The zero-order chi connectivity index (χ0) is 22.4. The molecule has 5 rings (SSSR count). The maximum atomic E-state index is 13.2. The molecule has 1 heterocycles. The molecule has 6 nitrogen and oxygen atoms in total. The first-order valence-corrected chi connectivity index (χ1v) is 10.6. The molecule has 1 saturated carbocycles. The minimum atomic E-state index is -0.897. The van der Waals surface area contributed by atoms with Gasteiger partial charge in [-0.05, 0) is 47.9 Å². The molecule has 2 atom stereocenters. The predicted octanol–water partition coefficient (Wildman–Crippen LogP) is 4.27. The van der Waals surface area contributed by atoms with Crippen molar-refractivity contribution in [1.82, 2.24) is 4.90 Å². The van der Waals surface area contributed by atoms with Crippen LogP contribution in [-0.4, -0.2) is 34.3 Å². The number of carbonyl (C=O) groups is 4. The average Bonchev–Trinajstić information content (AvgIpc) is 3.04. The summed E-state index contributed by atoms with van der Waals surface area (Å²) in [5.74, 6) is -1.29. The van der Waals surface area contributed by atoms with Crippen molar-refractivity contribution in [2.75, 3.05) is 0 Å². The van der Waals surface area contributed by atoms with E-state index in [0.717, 1.165) is 21.2 Å². The molecule has 0 bridgehead atoms. The zero-order valence-electron chi connectivity index (χ0n) is 17.5. The molecule has 32 heavy (non-hydrogen) atoms. The van der Waals surface area contributed by atoms with Crippen molar-refractivity contribution in [3.05, 3.63) is 77.4 Å². The van der Waals surface area contributed by atoms with E-state index in [1.54, 1.807) is 18.2 Å². The zero-order valence-corrected chi connectivity index (χ0v) is 17.5. The topological polar surface area (TPSA) is 80.8 Å². The second-order valence-electron chi connectivity index (χ2n) is 8.26. The lowest BCUT2D eigenvalue weighted by atomic mass is 9.92. The number of Topliss-reactive ketones (excluding diaryl/α,β-unsaturated/α-hetero) is 2. The third kappa shape index (κ3) is 3.28. The maximum Gasteiger partial charge on any atom is 0.266 e. The van der Waals surface area contributed by atoms with E-state index in [1.807, 2.05) is 49.4 Å². The highest BCUT2D eigenvalue weighted by atomic mass is 16.5. The Morgan fingerprint density at radius 2 is 1.69 bits per heavy atom. The number of nitrogens with zero attached hydrogens (tertiary/aromatic N) is 1. The lowest BCUT2D eigenvalue weighted by Crippen LogP contribution is -2.47. The summed E-state index contributed by atoms with van der Waals surface area (Å²) in [6.45, 7) is 1.89. The van der Waals surface area contributed by atoms with Gasteiger partial charge in [-0.15, -0.1) is 0 Å². The van der Waals surface area contributed by atoms with Gasteiger partial charge >= 0.3 is 0 Å². The molecule has 2 unspecified atom stereocenters. The largest absolute Gasteiger partial charge is 0.485 e. The molecular weight excluding hydrogens is 406 g/mol. The maximum absolute atomic E-state index is 13.2. The van der Waals surface area contributed by atoms with Crippen molar-refractivity contribution in [2.24, 2.45) is 0 Å². The molecule has 3 aromatic rings. The lowest BCUT2D eigenvalue weighted by molar-refractivity contribution is -0.132. The van der Waals surface area contributed by atoms with Crippen LogP contribution in [0.25, 0.3) is 10.8 Å². The summed E-state index contributed by atoms with van der Waals surface area (Å²) in [7, 11) is 0. The predicted molar refractivity (Wildman–Crippen MR) is 118 cm³/mol. The SMILES string of the molecule is CC(Oc1cccc2c1C(=O)N(C1CCC(=O)CC1=O)C2=O)c1ccc2ccccc2c1. The second-order valence-corrected chi connectivity index (χ2v) is 8.26. The van der Waals surface area contributed by atoms with Gasteiger partial charge in [0.2, 0.25) is 0 Å². The van der Waals surface area contributed by atoms with E-state index in [1.165, 1.54) is 0 Å². The highest BCUT2D eigenvalue weighted by Crippen LogP contribution is 2.36. The van der Waals surface area contributed by atoms with Crippen LogP contribution in [-0.2, 0) is 9.59 Å². The quantitative estimate of drug-likeness (QED) is 0.459. The van der Waals surface area contributed by atoms with Crippen molar-refractivity contribution in [3.63, 3.8) is 0 Å². The van der Waals surface area contributed by atoms with Crippen LogP contribution in [0.1, 0.15) is 58.6 Å². The van der Waals surface area contributed by atoms with Crippen molar-refractivity contribution < 1.29 is 23.9 Å². The number of ketones is 2. The smallest absolute Gasteiger partial charge is 0.266 e. The highest BCUT2D eigenvalue weighted by Gasteiger charge is 2.45. The van der Waals surface area contributed by atoms with Crippen molar-refractivity contribution >= 4 is 34.2 Å². The number of hydrogen-bond acceptors (Lipinski definition) is 5. The van der Waals surface area contributed by atoms with E-state index >= 15 is 0 Å². The Morgan fingerprint density at radius 3 is 2.47 bits per heavy atom. The summed E-state index contributed by atoms with van der Waals surface area (Å²) in [6.07, 6.45) is -0.239. The molecule has 2 aliphatic rings. The lowest BCUT2D eigenvalue weighted by Gasteiger charge is -2.27. The minimum absolute atomic E-state index is 0.156. The van der Waals surface area contributed by atoms with Crippen molar-refractivity contribution in [1.29, 1.82) is 0 Å². The molecule has 0 spiro atoms. The molecule has 3 aromatic carbocycles. The van der Waals surface area contributed by atoms with E-state index in [0.29, 0.717) is 5.75 Å². The van der Waals surface area contributed by atoms with E-state index < -0.39 is 17.9 Å². The summed E-state index contributed by atoms with van der Waals surface area (Å²) in [5.41, 5.74) is 1.34. The van der Waals surface area contributed by atoms with Gasteiger partial charge in [0.25, 0.3) is 11.8 Å². The van der Waals surface area contributed by atoms with Crippen LogP contribution in [0.2, 0.25) is 0 Å². The molecule has 1 aliphatic heterocycles. The fourth-order valence-electron chi connectivity index (χ4n) is 4.51. The number of ether oxygens (including phenoxy) is 1. The highest BCUT2D eigenvalue weighted by molar-refractivity contribution is 6.24. The Bertz CT molecular complexity index is 1290. The number of amides is 2. The second kappa shape index (κ2) is 7.71. The normalized spacial score (nSPS) is 19.4. The number of benzene rings is 3. The summed E-state index contributed by atoms with van der Waals surface area (Å²) in [5, 5.41) is 2.21. The van der Waals surface area contributed by atoms with Gasteiger partial charge in [0, 0.05) is 6.42 Å². The van der Waals surface area contributed by atoms with Crippen molar-refractivity contribution in [3.8, 4) is 5.75 Å². The Morgan fingerprint density at radius 1 is 0.906 bits per heavy atom. The van der Waals surface area contributed by atoms with Gasteiger partial charge in [-0.25, -0.2) is 0 Å². The van der Waals surface area contributed by atoms with Crippen LogP contribution in [0, 0.1) is 0 Å². The molecule has 0 radical (unpaired) electrons. The fraction of sp³-hybridized carbons (Fsp3) is 0.231. The molecule has 1 aliphatic carbocycles. The van der Waals surface area contributed by atoms with Gasteiger partial charge in [0.15, 0.2) is 5.78 Å². The molecule has 1 fully saturated rings. The van der Waals surface area contributed by atoms with E-state index in [2.05, 4.69) is 0 Å². The molecule has 0 N–H and O–H groups in total. The first-order chi connectivity index (χ1) is 15.4. The van der Waals surface area contributed by atoms with Crippen LogP contribution in [0.15, 0.2) is 60.7 Å². The Kier molecular flexibility index (Phi) is 4.85. The summed E-state index contributed by atoms with van der Waals surface area (Å²) < 4.78 is 6.15. The third-order valence-corrected chi connectivity index (χ3v) is 6.21. The first-order valence-electron chi connectivity index (χ1n) is 10.6. The monoisotopic (exact) mass is 427 g/mol. The third-order valence-electron chi connectivity index (χ3n) is 6.21. The Hall–Kier alpha value is -3.80. The van der Waals surface area contributed by atoms with Gasteiger partial charge in [-0.3, -0.25) is 24.1 Å². The van der Waals surface area contributed by atoms with Gasteiger partial charge in [0.1, 0.15) is 17.6 Å². The van der Waals surface area contributed by atoms with E-state index in [-0.39, 0.29) is 48.1 Å². The summed E-state index contributed by atoms with van der Waals surface area (Å²) >= 11 is 0. The van der Waals surface area contributed by atoms with Crippen LogP contribution in [0.4, 0.5) is 0 Å². The molecule has 0 aromatic heterocycles. The first kappa shape index (κ1) is 20.1. The average molecular weight is 427 g/mol. The fourth-order valence-corrected chi connectivity index (χ4v) is 4.51. The van der Waals surface area contributed by atoms with Gasteiger partial charge < -0.3 is 4.74 Å². The van der Waals surface area contributed by atoms with Gasteiger partial charge in [-0.2, -0.15) is 0 Å². The van der Waals surface area contributed by atoms with Crippen LogP contribution in [0.5, 0.6) is 5.75 Å². The number of hydrogen-bond donors (Lipinski definition) is 0. The molecular formula is C26H21NO5. The van der Waals surface area contributed by atoms with Crippen molar-refractivity contribution in [2.45, 2.75) is 38.3 Å². The van der Waals surface area contributed by atoms with E-state index in [9.17, 15) is 19.2 Å². The minimum Gasteiger partial charge on any atom is -0.485 e. The summed E-state index contributed by atoms with van der Waals surface area (Å²) in [4.78, 5) is 51.2. The molecule has 6 heteroatoms. The number of rotatable bonds is 4. The van der Waals surface area contributed by atoms with Gasteiger partial charge in [0.05, 0.1) is 23.6 Å². The summed E-state index contributed by atoms with van der Waals surface area (Å²) in [6, 6.07) is 18.1. The van der Waals surface area contributed by atoms with Crippen LogP contribution >= 0.6 is 0 Å². The van der Waals surface area contributed by atoms with Crippen LogP contribution < -0.4 is 4.74 Å². The number of fused-ring (bicyclic) bond motifs is 2. The molecule has 0 saturated heterocycles.